The van der Waals surface area contributed by atoms with E-state index in [0.717, 1.165) is 17.4 Å². The van der Waals surface area contributed by atoms with E-state index >= 15 is 0 Å². The molecule has 1 aromatic rings. The molecule has 1 heterocycles. The molecule has 0 unspecified atom stereocenters. The zero-order chi connectivity index (χ0) is 15.6. The van der Waals surface area contributed by atoms with Crippen LogP contribution in [0.25, 0.3) is 0 Å². The molecule has 20 heavy (non-hydrogen) atoms. The van der Waals surface area contributed by atoms with Crippen LogP contribution in [0.4, 0.5) is 0 Å². The number of carboxylic acids is 1. The van der Waals surface area contributed by atoms with Gasteiger partial charge in [0.05, 0.1) is 22.5 Å². The smallest absolute Gasteiger partial charge is 0.345 e. The molecule has 0 fully saturated rings. The van der Waals surface area contributed by atoms with Crippen LogP contribution in [0.3, 0.4) is 0 Å². The van der Waals surface area contributed by atoms with Crippen LogP contribution in [-0.4, -0.2) is 48.5 Å². The van der Waals surface area contributed by atoms with Gasteiger partial charge in [-0.3, -0.25) is 0 Å². The summed E-state index contributed by atoms with van der Waals surface area (Å²) >= 11 is 3.78. The van der Waals surface area contributed by atoms with Gasteiger partial charge in [-0.25, -0.2) is 17.9 Å². The number of halogens is 1. The van der Waals surface area contributed by atoms with Gasteiger partial charge in [-0.2, -0.15) is 0 Å². The molecule has 0 aliphatic rings. The Labute approximate surface area is 128 Å². The van der Waals surface area contributed by atoms with Crippen LogP contribution in [-0.2, 0) is 10.0 Å². The molecular weight excluding hydrogens is 374 g/mol. The van der Waals surface area contributed by atoms with Crippen molar-refractivity contribution >= 4 is 43.3 Å². The summed E-state index contributed by atoms with van der Waals surface area (Å²) in [6.45, 7) is 0.458. The number of aliphatic hydroxyl groups excluding tert-OH is 2. The molecule has 7 nitrogen and oxygen atoms in total. The molecule has 1 aromatic heterocycles. The quantitative estimate of drug-likeness (QED) is 0.543. The second-order valence-corrected chi connectivity index (χ2v) is 8.13. The molecule has 4 N–H and O–H groups in total. The molecule has 0 radical (unpaired) electrons. The molecule has 0 atom stereocenters. The van der Waals surface area contributed by atoms with Crippen molar-refractivity contribution in [1.29, 1.82) is 0 Å². The summed E-state index contributed by atoms with van der Waals surface area (Å²) in [5.41, 5.74) is -1.39. The molecule has 0 saturated heterocycles. The molecule has 0 aliphatic heterocycles. The van der Waals surface area contributed by atoms with E-state index in [0.29, 0.717) is 0 Å². The van der Waals surface area contributed by atoms with Gasteiger partial charge in [-0.15, -0.1) is 11.3 Å². The Hall–Kier alpha value is -0.520. The maximum absolute atomic E-state index is 12.2. The number of hydrogen-bond donors (Lipinski definition) is 4. The Morgan fingerprint density at radius 2 is 2.00 bits per heavy atom. The average molecular weight is 388 g/mol. The van der Waals surface area contributed by atoms with E-state index in [1.807, 2.05) is 0 Å². The number of aromatic carboxylic acids is 1. The van der Waals surface area contributed by atoms with Crippen molar-refractivity contribution in [2.24, 2.45) is 0 Å². The number of carboxylic acid groups (broad SMARTS) is 1. The molecule has 0 bridgehead atoms. The van der Waals surface area contributed by atoms with Gasteiger partial charge in [-0.1, -0.05) is 6.92 Å². The summed E-state index contributed by atoms with van der Waals surface area (Å²) in [6, 6.07) is 1.02. The van der Waals surface area contributed by atoms with Crippen LogP contribution >= 0.6 is 27.3 Å². The zero-order valence-corrected chi connectivity index (χ0v) is 13.7. The van der Waals surface area contributed by atoms with Gasteiger partial charge in [0.25, 0.3) is 0 Å². The van der Waals surface area contributed by atoms with Crippen molar-refractivity contribution in [2.45, 2.75) is 23.8 Å². The van der Waals surface area contributed by atoms with Gasteiger partial charge < -0.3 is 15.3 Å². The van der Waals surface area contributed by atoms with E-state index in [9.17, 15) is 23.4 Å². The molecule has 0 amide bonds. The summed E-state index contributed by atoms with van der Waals surface area (Å²) < 4.78 is 26.8. The summed E-state index contributed by atoms with van der Waals surface area (Å²) in [6.07, 6.45) is 0.173. The van der Waals surface area contributed by atoms with Gasteiger partial charge >= 0.3 is 5.97 Å². The predicted molar refractivity (Wildman–Crippen MR) is 76.5 cm³/mol. The first-order valence-corrected chi connectivity index (χ1v) is 8.59. The SMILES string of the molecule is CCC(CO)(CO)NS(=O)(=O)c1cc(C(=O)O)sc1Br. The largest absolute Gasteiger partial charge is 0.477 e. The van der Waals surface area contributed by atoms with Crippen molar-refractivity contribution in [2.75, 3.05) is 13.2 Å². The van der Waals surface area contributed by atoms with Crippen molar-refractivity contribution < 1.29 is 28.5 Å². The topological polar surface area (TPSA) is 124 Å². The highest BCUT2D eigenvalue weighted by molar-refractivity contribution is 9.11. The standard InChI is InChI=1S/C10H14BrNO6S2/c1-2-10(4-13,5-14)12-20(17,18)7-3-6(9(15)16)19-8(7)11/h3,12-14H,2,4-5H2,1H3,(H,15,16). The molecule has 1 rings (SSSR count). The lowest BCUT2D eigenvalue weighted by molar-refractivity contribution is 0.0702. The van der Waals surface area contributed by atoms with E-state index in [1.165, 1.54) is 0 Å². The number of thiophene rings is 1. The minimum absolute atomic E-state index is 0.132. The highest BCUT2D eigenvalue weighted by Crippen LogP contribution is 2.32. The first-order chi connectivity index (χ1) is 9.21. The number of hydrogen-bond acceptors (Lipinski definition) is 6. The lowest BCUT2D eigenvalue weighted by Crippen LogP contribution is -2.53. The summed E-state index contributed by atoms with van der Waals surface area (Å²) in [5.74, 6) is -1.23. The third-order valence-corrected chi connectivity index (χ3v) is 6.61. The molecule has 0 aromatic carbocycles. The van der Waals surface area contributed by atoms with Crippen LogP contribution in [0.2, 0.25) is 0 Å². The minimum atomic E-state index is -4.07. The van der Waals surface area contributed by atoms with Gasteiger partial charge in [0, 0.05) is 0 Å². The van der Waals surface area contributed by atoms with Crippen molar-refractivity contribution in [3.63, 3.8) is 0 Å². The van der Waals surface area contributed by atoms with Gasteiger partial charge in [0.2, 0.25) is 10.0 Å². The fraction of sp³-hybridized carbons (Fsp3) is 0.500. The van der Waals surface area contributed by atoms with Crippen LogP contribution in [0.15, 0.2) is 14.7 Å². The van der Waals surface area contributed by atoms with E-state index in [-0.39, 0.29) is 20.0 Å². The van der Waals surface area contributed by atoms with Crippen molar-refractivity contribution in [3.8, 4) is 0 Å². The Morgan fingerprint density at radius 3 is 2.35 bits per heavy atom. The Morgan fingerprint density at radius 1 is 1.45 bits per heavy atom. The molecule has 0 saturated carbocycles. The molecular formula is C10H14BrNO6S2. The summed E-state index contributed by atoms with van der Waals surface area (Å²) in [5, 5.41) is 27.4. The van der Waals surface area contributed by atoms with Crippen molar-refractivity contribution in [3.05, 3.63) is 14.7 Å². The fourth-order valence-corrected chi connectivity index (χ4v) is 5.25. The number of rotatable bonds is 7. The summed E-state index contributed by atoms with van der Waals surface area (Å²) in [7, 11) is -4.07. The summed E-state index contributed by atoms with van der Waals surface area (Å²) in [4.78, 5) is 10.5. The maximum atomic E-state index is 12.2. The first kappa shape index (κ1) is 17.5. The lowest BCUT2D eigenvalue weighted by atomic mass is 10.0. The highest BCUT2D eigenvalue weighted by Gasteiger charge is 2.34. The van der Waals surface area contributed by atoms with Crippen LogP contribution in [0.5, 0.6) is 0 Å². The minimum Gasteiger partial charge on any atom is -0.477 e. The van der Waals surface area contributed by atoms with E-state index in [2.05, 4.69) is 20.7 Å². The molecule has 10 heteroatoms. The fourth-order valence-electron chi connectivity index (χ4n) is 1.39. The van der Waals surface area contributed by atoms with E-state index in [4.69, 9.17) is 5.11 Å². The normalized spacial score (nSPS) is 12.6. The maximum Gasteiger partial charge on any atom is 0.345 e. The predicted octanol–water partition coefficient (Wildman–Crippen LogP) is 0.620. The Balaban J connectivity index is 3.20. The van der Waals surface area contributed by atoms with E-state index in [1.54, 1.807) is 6.92 Å². The monoisotopic (exact) mass is 387 g/mol. The Bertz CT molecular complexity index is 585. The number of carbonyl (C=O) groups is 1. The van der Waals surface area contributed by atoms with Crippen LogP contribution in [0, 0.1) is 0 Å². The number of aliphatic hydroxyl groups is 2. The number of sulfonamides is 1. The molecule has 114 valence electrons. The van der Waals surface area contributed by atoms with Gasteiger partial charge in [0.1, 0.15) is 9.77 Å². The zero-order valence-electron chi connectivity index (χ0n) is 10.5. The third kappa shape index (κ3) is 3.57. The van der Waals surface area contributed by atoms with Crippen molar-refractivity contribution in [1.82, 2.24) is 4.72 Å². The highest BCUT2D eigenvalue weighted by atomic mass is 79.9. The second-order valence-electron chi connectivity index (χ2n) is 4.11. The Kier molecular flexibility index (Phi) is 5.70. The van der Waals surface area contributed by atoms with Gasteiger partial charge in [0.15, 0.2) is 0 Å². The van der Waals surface area contributed by atoms with Crippen LogP contribution < -0.4 is 4.72 Å². The average Bonchev–Trinajstić information content (AvgIpc) is 2.79. The van der Waals surface area contributed by atoms with E-state index < -0.39 is 34.7 Å². The third-order valence-electron chi connectivity index (χ3n) is 2.79. The second kappa shape index (κ2) is 6.50. The van der Waals surface area contributed by atoms with Crippen LogP contribution in [0.1, 0.15) is 23.0 Å². The van der Waals surface area contributed by atoms with Gasteiger partial charge in [-0.05, 0) is 28.4 Å². The molecule has 0 spiro atoms. The molecule has 0 aliphatic carbocycles. The lowest BCUT2D eigenvalue weighted by Gasteiger charge is -2.29. The number of nitrogens with one attached hydrogen (secondary N) is 1. The first-order valence-electron chi connectivity index (χ1n) is 5.49.